The molecule has 0 saturated heterocycles. The average Bonchev–Trinajstić information content (AvgIpc) is 3.00. The molecule has 0 radical (unpaired) electrons. The first kappa shape index (κ1) is 17.9. The molecule has 1 amide bonds. The van der Waals surface area contributed by atoms with Crippen molar-refractivity contribution < 1.29 is 14.7 Å². The number of nitrogens with zero attached hydrogens (tertiary/aromatic N) is 4. The summed E-state index contributed by atoms with van der Waals surface area (Å²) in [6.45, 7) is 4.50. The van der Waals surface area contributed by atoms with Crippen LogP contribution in [0.5, 0.6) is 0 Å². The number of benzene rings is 1. The highest BCUT2D eigenvalue weighted by Crippen LogP contribution is 2.19. The maximum absolute atomic E-state index is 12.6. The van der Waals surface area contributed by atoms with Crippen molar-refractivity contribution in [3.8, 4) is 5.69 Å². The largest absolute Gasteiger partial charge is 0.481 e. The number of hydrogen-bond acceptors (Lipinski definition) is 4. The number of carboxylic acid groups (broad SMARTS) is 1. The van der Waals surface area contributed by atoms with Crippen LogP contribution in [0.25, 0.3) is 5.69 Å². The SMILES string of the molecule is CC(C)CN(CCC(=O)O)C(=O)c1cn(-c2ccccc2Cl)nn1. The number of amides is 1. The molecule has 7 nitrogen and oxygen atoms in total. The number of carboxylic acids is 1. The van der Waals surface area contributed by atoms with E-state index in [9.17, 15) is 9.59 Å². The standard InChI is InChI=1S/C16H19ClN4O3/c1-11(2)9-20(8-7-15(22)23)16(24)13-10-21(19-18-13)14-6-4-3-5-12(14)17/h3-6,10-11H,7-9H2,1-2H3,(H,22,23). The third kappa shape index (κ3) is 4.55. The van der Waals surface area contributed by atoms with Gasteiger partial charge < -0.3 is 10.0 Å². The summed E-state index contributed by atoms with van der Waals surface area (Å²) in [4.78, 5) is 24.9. The van der Waals surface area contributed by atoms with E-state index in [1.807, 2.05) is 19.9 Å². The van der Waals surface area contributed by atoms with Crippen molar-refractivity contribution in [2.75, 3.05) is 13.1 Å². The Morgan fingerprint density at radius 1 is 1.33 bits per heavy atom. The summed E-state index contributed by atoms with van der Waals surface area (Å²) in [5.41, 5.74) is 0.771. The summed E-state index contributed by atoms with van der Waals surface area (Å²) in [6, 6.07) is 7.09. The van der Waals surface area contributed by atoms with Crippen molar-refractivity contribution in [1.29, 1.82) is 0 Å². The Bertz CT molecular complexity index is 730. The van der Waals surface area contributed by atoms with Crippen molar-refractivity contribution in [3.63, 3.8) is 0 Å². The van der Waals surface area contributed by atoms with E-state index in [1.54, 1.807) is 18.2 Å². The van der Waals surface area contributed by atoms with Crippen molar-refractivity contribution in [2.24, 2.45) is 5.92 Å². The van der Waals surface area contributed by atoms with E-state index < -0.39 is 5.97 Å². The summed E-state index contributed by atoms with van der Waals surface area (Å²) < 4.78 is 1.43. The molecule has 0 atom stereocenters. The Kier molecular flexibility index (Phi) is 5.92. The molecule has 0 fully saturated rings. The van der Waals surface area contributed by atoms with E-state index in [4.69, 9.17) is 16.7 Å². The first-order valence-electron chi connectivity index (χ1n) is 7.56. The number of carbonyl (C=O) groups is 2. The molecule has 0 bridgehead atoms. The van der Waals surface area contributed by atoms with Gasteiger partial charge in [-0.15, -0.1) is 5.10 Å². The molecule has 0 spiro atoms. The van der Waals surface area contributed by atoms with E-state index in [1.165, 1.54) is 15.8 Å². The summed E-state index contributed by atoms with van der Waals surface area (Å²) in [7, 11) is 0. The fourth-order valence-corrected chi connectivity index (χ4v) is 2.45. The molecule has 128 valence electrons. The second kappa shape index (κ2) is 7.92. The Morgan fingerprint density at radius 3 is 2.67 bits per heavy atom. The van der Waals surface area contributed by atoms with Crippen LogP contribution in [0.15, 0.2) is 30.5 Å². The minimum Gasteiger partial charge on any atom is -0.481 e. The van der Waals surface area contributed by atoms with E-state index in [2.05, 4.69) is 10.3 Å². The fourth-order valence-electron chi connectivity index (χ4n) is 2.23. The van der Waals surface area contributed by atoms with Gasteiger partial charge in [-0.2, -0.15) is 0 Å². The van der Waals surface area contributed by atoms with E-state index in [0.29, 0.717) is 17.3 Å². The van der Waals surface area contributed by atoms with Gasteiger partial charge in [-0.25, -0.2) is 4.68 Å². The number of para-hydroxylation sites is 1. The zero-order chi connectivity index (χ0) is 17.7. The molecule has 0 aliphatic rings. The van der Waals surface area contributed by atoms with Crippen LogP contribution >= 0.6 is 11.6 Å². The second-order valence-electron chi connectivity index (χ2n) is 5.79. The highest BCUT2D eigenvalue weighted by atomic mass is 35.5. The molecule has 1 aromatic heterocycles. The second-order valence-corrected chi connectivity index (χ2v) is 6.20. The number of aromatic nitrogens is 3. The Labute approximate surface area is 144 Å². The predicted octanol–water partition coefficient (Wildman–Crippen LogP) is 2.49. The van der Waals surface area contributed by atoms with Crippen molar-refractivity contribution in [2.45, 2.75) is 20.3 Å². The zero-order valence-corrected chi connectivity index (χ0v) is 14.3. The monoisotopic (exact) mass is 350 g/mol. The Hall–Kier alpha value is -2.41. The van der Waals surface area contributed by atoms with Crippen molar-refractivity contribution in [3.05, 3.63) is 41.2 Å². The van der Waals surface area contributed by atoms with Crippen LogP contribution in [0.3, 0.4) is 0 Å². The van der Waals surface area contributed by atoms with E-state index >= 15 is 0 Å². The third-order valence-electron chi connectivity index (χ3n) is 3.28. The van der Waals surface area contributed by atoms with E-state index in [0.717, 1.165) is 0 Å². The van der Waals surface area contributed by atoms with Gasteiger partial charge in [0, 0.05) is 13.1 Å². The first-order chi connectivity index (χ1) is 11.4. The number of halogens is 1. The highest BCUT2D eigenvalue weighted by Gasteiger charge is 2.21. The van der Waals surface area contributed by atoms with Gasteiger partial charge in [-0.1, -0.05) is 42.8 Å². The van der Waals surface area contributed by atoms with Crippen LogP contribution in [-0.4, -0.2) is 50.0 Å². The maximum atomic E-state index is 12.6. The van der Waals surface area contributed by atoms with Crippen LogP contribution in [0.2, 0.25) is 5.02 Å². The topological polar surface area (TPSA) is 88.3 Å². The van der Waals surface area contributed by atoms with E-state index in [-0.39, 0.29) is 30.5 Å². The van der Waals surface area contributed by atoms with Gasteiger partial charge in [-0.05, 0) is 18.1 Å². The third-order valence-corrected chi connectivity index (χ3v) is 3.60. The lowest BCUT2D eigenvalue weighted by atomic mass is 10.2. The number of aliphatic carboxylic acids is 1. The Morgan fingerprint density at radius 2 is 2.04 bits per heavy atom. The van der Waals surface area contributed by atoms with Gasteiger partial charge in [0.2, 0.25) is 0 Å². The van der Waals surface area contributed by atoms with Gasteiger partial charge in [0.15, 0.2) is 5.69 Å². The van der Waals surface area contributed by atoms with Crippen molar-refractivity contribution >= 4 is 23.5 Å². The van der Waals surface area contributed by atoms with Gasteiger partial charge in [0.1, 0.15) is 0 Å². The fraction of sp³-hybridized carbons (Fsp3) is 0.375. The molecule has 8 heteroatoms. The van der Waals surface area contributed by atoms with Crippen LogP contribution < -0.4 is 0 Å². The lowest BCUT2D eigenvalue weighted by Crippen LogP contribution is -2.36. The lowest BCUT2D eigenvalue weighted by Gasteiger charge is -2.22. The van der Waals surface area contributed by atoms with Gasteiger partial charge in [0.05, 0.1) is 23.3 Å². The number of hydrogen-bond donors (Lipinski definition) is 1. The minimum atomic E-state index is -0.948. The number of rotatable bonds is 7. The predicted molar refractivity (Wildman–Crippen MR) is 89.4 cm³/mol. The van der Waals surface area contributed by atoms with Crippen molar-refractivity contribution in [1.82, 2.24) is 19.9 Å². The lowest BCUT2D eigenvalue weighted by molar-refractivity contribution is -0.137. The molecule has 0 aliphatic heterocycles. The zero-order valence-electron chi connectivity index (χ0n) is 13.5. The molecular weight excluding hydrogens is 332 g/mol. The van der Waals surface area contributed by atoms with Crippen LogP contribution in [0, 0.1) is 5.92 Å². The molecule has 0 saturated carbocycles. The minimum absolute atomic E-state index is 0.114. The van der Waals surface area contributed by atoms with Crippen LogP contribution in [0.4, 0.5) is 0 Å². The summed E-state index contributed by atoms with van der Waals surface area (Å²) in [6.07, 6.45) is 1.38. The van der Waals surface area contributed by atoms with Gasteiger partial charge in [-0.3, -0.25) is 9.59 Å². The summed E-state index contributed by atoms with van der Waals surface area (Å²) in [5.74, 6) is -1.08. The summed E-state index contributed by atoms with van der Waals surface area (Å²) >= 11 is 6.11. The molecule has 0 unspecified atom stereocenters. The first-order valence-corrected chi connectivity index (χ1v) is 7.94. The molecular formula is C16H19ClN4O3. The van der Waals surface area contributed by atoms with Gasteiger partial charge >= 0.3 is 5.97 Å². The smallest absolute Gasteiger partial charge is 0.305 e. The van der Waals surface area contributed by atoms with Gasteiger partial charge in [0.25, 0.3) is 5.91 Å². The molecule has 24 heavy (non-hydrogen) atoms. The Balaban J connectivity index is 2.21. The molecule has 0 aliphatic carbocycles. The molecule has 2 rings (SSSR count). The normalized spacial score (nSPS) is 10.8. The molecule has 1 N–H and O–H groups in total. The molecule has 1 heterocycles. The number of carbonyl (C=O) groups excluding carboxylic acids is 1. The summed E-state index contributed by atoms with van der Waals surface area (Å²) in [5, 5.41) is 17.2. The molecule has 2 aromatic rings. The van der Waals surface area contributed by atoms with Crippen LogP contribution in [-0.2, 0) is 4.79 Å². The van der Waals surface area contributed by atoms with Crippen LogP contribution in [0.1, 0.15) is 30.8 Å². The highest BCUT2D eigenvalue weighted by molar-refractivity contribution is 6.32. The average molecular weight is 351 g/mol. The maximum Gasteiger partial charge on any atom is 0.305 e. The molecule has 1 aromatic carbocycles. The quantitative estimate of drug-likeness (QED) is 0.828.